The zero-order valence-corrected chi connectivity index (χ0v) is 11.6. The van der Waals surface area contributed by atoms with Crippen LogP contribution in [-0.4, -0.2) is 24.8 Å². The summed E-state index contributed by atoms with van der Waals surface area (Å²) in [6.45, 7) is 8.87. The zero-order valence-electron chi connectivity index (χ0n) is 11.6. The molecule has 0 heterocycles. The summed E-state index contributed by atoms with van der Waals surface area (Å²) in [5.41, 5.74) is 2.52. The topological polar surface area (TPSA) is 23.5 Å². The maximum absolute atomic E-state index is 9.43. The van der Waals surface area contributed by atoms with Crippen molar-refractivity contribution < 1.29 is 5.11 Å². The van der Waals surface area contributed by atoms with Crippen molar-refractivity contribution >= 4 is 5.69 Å². The van der Waals surface area contributed by atoms with E-state index in [1.165, 1.54) is 11.3 Å². The molecule has 1 aromatic rings. The maximum atomic E-state index is 9.43. The highest BCUT2D eigenvalue weighted by molar-refractivity contribution is 5.48. The summed E-state index contributed by atoms with van der Waals surface area (Å²) in [7, 11) is 2.05. The first-order valence-electron chi connectivity index (χ1n) is 6.41. The SMILES string of the molecule is CC(C)c1ccc(N(C)C(CO)C(C)C)cc1. The second kappa shape index (κ2) is 6.06. The summed E-state index contributed by atoms with van der Waals surface area (Å²) in [6.07, 6.45) is 0. The molecular weight excluding hydrogens is 210 g/mol. The van der Waals surface area contributed by atoms with Crippen LogP contribution in [-0.2, 0) is 0 Å². The van der Waals surface area contributed by atoms with Gasteiger partial charge in [0.1, 0.15) is 0 Å². The Morgan fingerprint density at radius 3 is 1.94 bits per heavy atom. The quantitative estimate of drug-likeness (QED) is 0.846. The third-order valence-electron chi connectivity index (χ3n) is 3.42. The van der Waals surface area contributed by atoms with Crippen LogP contribution in [0.2, 0.25) is 0 Å². The molecule has 1 N–H and O–H groups in total. The molecule has 0 spiro atoms. The van der Waals surface area contributed by atoms with Crippen LogP contribution in [0, 0.1) is 5.92 Å². The molecule has 1 aromatic carbocycles. The molecular formula is C15H25NO. The van der Waals surface area contributed by atoms with E-state index >= 15 is 0 Å². The number of hydrogen-bond acceptors (Lipinski definition) is 2. The largest absolute Gasteiger partial charge is 0.394 e. The first-order chi connectivity index (χ1) is 7.97. The Labute approximate surface area is 105 Å². The van der Waals surface area contributed by atoms with Gasteiger partial charge in [0.05, 0.1) is 12.6 Å². The molecule has 17 heavy (non-hydrogen) atoms. The molecule has 1 unspecified atom stereocenters. The molecule has 0 aliphatic heterocycles. The molecule has 0 amide bonds. The van der Waals surface area contributed by atoms with Crippen LogP contribution in [0.1, 0.15) is 39.2 Å². The molecule has 0 saturated heterocycles. The average Bonchev–Trinajstić information content (AvgIpc) is 2.29. The third kappa shape index (κ3) is 3.47. The van der Waals surface area contributed by atoms with Gasteiger partial charge in [-0.05, 0) is 29.5 Å². The van der Waals surface area contributed by atoms with Crippen molar-refractivity contribution in [3.63, 3.8) is 0 Å². The number of rotatable bonds is 5. The summed E-state index contributed by atoms with van der Waals surface area (Å²) >= 11 is 0. The van der Waals surface area contributed by atoms with Crippen LogP contribution in [0.5, 0.6) is 0 Å². The lowest BCUT2D eigenvalue weighted by molar-refractivity contribution is 0.234. The van der Waals surface area contributed by atoms with Gasteiger partial charge in [-0.25, -0.2) is 0 Å². The minimum absolute atomic E-state index is 0.180. The van der Waals surface area contributed by atoms with Gasteiger partial charge in [0.2, 0.25) is 0 Å². The summed E-state index contributed by atoms with van der Waals surface area (Å²) in [4.78, 5) is 2.16. The number of benzene rings is 1. The summed E-state index contributed by atoms with van der Waals surface area (Å²) in [5, 5.41) is 9.43. The minimum atomic E-state index is 0.180. The monoisotopic (exact) mass is 235 g/mol. The van der Waals surface area contributed by atoms with Gasteiger partial charge in [-0.2, -0.15) is 0 Å². The maximum Gasteiger partial charge on any atom is 0.0637 e. The molecule has 0 aliphatic rings. The summed E-state index contributed by atoms with van der Waals surface area (Å²) < 4.78 is 0. The molecule has 1 atom stereocenters. The summed E-state index contributed by atoms with van der Waals surface area (Å²) in [6, 6.07) is 8.80. The molecule has 1 rings (SSSR count). The fraction of sp³-hybridized carbons (Fsp3) is 0.600. The van der Waals surface area contributed by atoms with Crippen molar-refractivity contribution in [3.8, 4) is 0 Å². The van der Waals surface area contributed by atoms with Crippen molar-refractivity contribution in [1.82, 2.24) is 0 Å². The van der Waals surface area contributed by atoms with E-state index in [1.54, 1.807) is 0 Å². The average molecular weight is 235 g/mol. The number of nitrogens with zero attached hydrogens (tertiary/aromatic N) is 1. The smallest absolute Gasteiger partial charge is 0.0637 e. The lowest BCUT2D eigenvalue weighted by Gasteiger charge is -2.31. The predicted molar refractivity (Wildman–Crippen MR) is 74.6 cm³/mol. The molecule has 0 aliphatic carbocycles. The normalized spacial score (nSPS) is 13.2. The number of hydrogen-bond donors (Lipinski definition) is 1. The molecule has 0 bridgehead atoms. The van der Waals surface area contributed by atoms with E-state index in [2.05, 4.69) is 56.9 Å². The molecule has 2 nitrogen and oxygen atoms in total. The van der Waals surface area contributed by atoms with Gasteiger partial charge in [-0.3, -0.25) is 0 Å². The van der Waals surface area contributed by atoms with Gasteiger partial charge in [0, 0.05) is 12.7 Å². The van der Waals surface area contributed by atoms with Crippen molar-refractivity contribution in [1.29, 1.82) is 0 Å². The van der Waals surface area contributed by atoms with E-state index < -0.39 is 0 Å². The Morgan fingerprint density at radius 2 is 1.59 bits per heavy atom. The number of aliphatic hydroxyl groups excluding tert-OH is 1. The van der Waals surface area contributed by atoms with Crippen LogP contribution in [0.3, 0.4) is 0 Å². The molecule has 0 radical (unpaired) electrons. The van der Waals surface area contributed by atoms with Gasteiger partial charge < -0.3 is 10.0 Å². The number of anilines is 1. The van der Waals surface area contributed by atoms with Crippen LogP contribution < -0.4 is 4.90 Å². The van der Waals surface area contributed by atoms with Crippen molar-refractivity contribution in [2.45, 2.75) is 39.7 Å². The zero-order chi connectivity index (χ0) is 13.0. The Bertz CT molecular complexity index is 329. The van der Waals surface area contributed by atoms with E-state index in [9.17, 15) is 5.11 Å². The van der Waals surface area contributed by atoms with Gasteiger partial charge in [-0.1, -0.05) is 39.8 Å². The van der Waals surface area contributed by atoms with E-state index in [-0.39, 0.29) is 12.6 Å². The number of likely N-dealkylation sites (N-methyl/N-ethyl adjacent to an activating group) is 1. The van der Waals surface area contributed by atoms with Gasteiger partial charge in [0.25, 0.3) is 0 Å². The fourth-order valence-electron chi connectivity index (χ4n) is 2.07. The highest BCUT2D eigenvalue weighted by Crippen LogP contribution is 2.22. The summed E-state index contributed by atoms with van der Waals surface area (Å²) in [5.74, 6) is 1.00. The fourth-order valence-corrected chi connectivity index (χ4v) is 2.07. The molecule has 0 fully saturated rings. The Kier molecular flexibility index (Phi) is 5.01. The third-order valence-corrected chi connectivity index (χ3v) is 3.42. The molecule has 96 valence electrons. The van der Waals surface area contributed by atoms with Crippen LogP contribution in [0.25, 0.3) is 0 Å². The molecule has 2 heteroatoms. The highest BCUT2D eigenvalue weighted by atomic mass is 16.3. The van der Waals surface area contributed by atoms with E-state index in [4.69, 9.17) is 0 Å². The Morgan fingerprint density at radius 1 is 1.06 bits per heavy atom. The Hall–Kier alpha value is -1.02. The minimum Gasteiger partial charge on any atom is -0.394 e. The van der Waals surface area contributed by atoms with Gasteiger partial charge in [-0.15, -0.1) is 0 Å². The highest BCUT2D eigenvalue weighted by Gasteiger charge is 2.17. The van der Waals surface area contributed by atoms with Crippen LogP contribution >= 0.6 is 0 Å². The van der Waals surface area contributed by atoms with Crippen molar-refractivity contribution in [2.75, 3.05) is 18.6 Å². The Balaban J connectivity index is 2.85. The second-order valence-electron chi connectivity index (χ2n) is 5.35. The standard InChI is InChI=1S/C15H25NO/c1-11(2)13-6-8-14(9-7-13)16(5)15(10-17)12(3)4/h6-9,11-12,15,17H,10H2,1-5H3. The van der Waals surface area contributed by atoms with E-state index in [0.717, 1.165) is 0 Å². The lowest BCUT2D eigenvalue weighted by atomic mass is 10.0. The first-order valence-corrected chi connectivity index (χ1v) is 6.41. The van der Waals surface area contributed by atoms with Gasteiger partial charge in [0.15, 0.2) is 0 Å². The molecule has 0 saturated carbocycles. The predicted octanol–water partition coefficient (Wildman–Crippen LogP) is 3.26. The second-order valence-corrected chi connectivity index (χ2v) is 5.35. The lowest BCUT2D eigenvalue weighted by Crippen LogP contribution is -2.38. The molecule has 0 aromatic heterocycles. The van der Waals surface area contributed by atoms with Crippen LogP contribution in [0.15, 0.2) is 24.3 Å². The van der Waals surface area contributed by atoms with Crippen molar-refractivity contribution in [3.05, 3.63) is 29.8 Å². The first kappa shape index (κ1) is 14.0. The van der Waals surface area contributed by atoms with Crippen LogP contribution in [0.4, 0.5) is 5.69 Å². The van der Waals surface area contributed by atoms with E-state index in [1.807, 2.05) is 7.05 Å². The van der Waals surface area contributed by atoms with Crippen molar-refractivity contribution in [2.24, 2.45) is 5.92 Å². The van der Waals surface area contributed by atoms with Gasteiger partial charge >= 0.3 is 0 Å². The number of aliphatic hydroxyl groups is 1. The van der Waals surface area contributed by atoms with E-state index in [0.29, 0.717) is 11.8 Å².